The predicted molar refractivity (Wildman–Crippen MR) is 248 cm³/mol. The first kappa shape index (κ1) is 43.3. The summed E-state index contributed by atoms with van der Waals surface area (Å²) < 4.78 is 5.42. The molecule has 3 aliphatic heterocycles. The molecular weight excluding hydrogens is 760 g/mol. The van der Waals surface area contributed by atoms with Gasteiger partial charge in [-0.2, -0.15) is 0 Å². The van der Waals surface area contributed by atoms with Gasteiger partial charge in [-0.05, 0) is 84.9 Å². The summed E-state index contributed by atoms with van der Waals surface area (Å²) in [6.07, 6.45) is 3.49. The van der Waals surface area contributed by atoms with Crippen LogP contribution >= 0.6 is 11.6 Å². The number of para-hydroxylation sites is 1. The largest absolute Gasteiger partial charge is 0.496 e. The second-order valence-electron chi connectivity index (χ2n) is 15.8. The van der Waals surface area contributed by atoms with Gasteiger partial charge >= 0.3 is 0 Å². The highest BCUT2D eigenvalue weighted by Crippen LogP contribution is 2.27. The van der Waals surface area contributed by atoms with E-state index in [2.05, 4.69) is 171 Å². The third kappa shape index (κ3) is 12.6. The van der Waals surface area contributed by atoms with E-state index in [-0.39, 0.29) is 0 Å². The van der Waals surface area contributed by atoms with Crippen molar-refractivity contribution in [2.75, 3.05) is 26.7 Å². The SMILES string of the molecule is COc1ccccc1CN[C@@H]1CCN[C@H]1c1ccccc1.Clc1cccc(CN[C@@H]2CCN[C@H]2c2ccccc2)c1.c1ccc(CN[C@@H]2CCN[C@H]2c2ccccc2)cc1. The number of hydrogen-bond donors (Lipinski definition) is 6. The summed E-state index contributed by atoms with van der Waals surface area (Å²) in [5.74, 6) is 0.951. The molecule has 6 aromatic rings. The molecule has 0 radical (unpaired) electrons. The van der Waals surface area contributed by atoms with Gasteiger partial charge in [0.05, 0.1) is 7.11 Å². The average molecular weight is 822 g/mol. The summed E-state index contributed by atoms with van der Waals surface area (Å²) in [5.41, 5.74) is 7.88. The zero-order valence-electron chi connectivity index (χ0n) is 34.8. The molecule has 0 unspecified atom stereocenters. The molecule has 9 rings (SSSR count). The Kier molecular flexibility index (Phi) is 16.8. The minimum absolute atomic E-state index is 0.390. The summed E-state index contributed by atoms with van der Waals surface area (Å²) >= 11 is 6.02. The van der Waals surface area contributed by atoms with Gasteiger partial charge in [-0.25, -0.2) is 0 Å². The number of nitrogens with one attached hydrogen (secondary N) is 6. The molecule has 0 bridgehead atoms. The number of methoxy groups -OCH3 is 1. The molecule has 0 spiro atoms. The van der Waals surface area contributed by atoms with Crippen LogP contribution in [0.4, 0.5) is 0 Å². The van der Waals surface area contributed by atoms with Gasteiger partial charge in [-0.15, -0.1) is 0 Å². The van der Waals surface area contributed by atoms with Gasteiger partial charge in [0.2, 0.25) is 0 Å². The highest BCUT2D eigenvalue weighted by molar-refractivity contribution is 6.30. The summed E-state index contributed by atoms with van der Waals surface area (Å²) in [7, 11) is 1.72. The van der Waals surface area contributed by atoms with Crippen LogP contribution in [-0.4, -0.2) is 44.9 Å². The molecule has 3 heterocycles. The van der Waals surface area contributed by atoms with Gasteiger partial charge in [0, 0.05) is 66.5 Å². The minimum atomic E-state index is 0.390. The number of hydrogen-bond acceptors (Lipinski definition) is 7. The van der Waals surface area contributed by atoms with Crippen molar-refractivity contribution in [3.8, 4) is 5.75 Å². The van der Waals surface area contributed by atoms with Crippen molar-refractivity contribution in [2.24, 2.45) is 0 Å². The molecule has 6 N–H and O–H groups in total. The maximum atomic E-state index is 6.02. The summed E-state index contributed by atoms with van der Waals surface area (Å²) in [6.45, 7) is 5.84. The van der Waals surface area contributed by atoms with Crippen LogP contribution in [0.1, 0.15) is 70.8 Å². The quantitative estimate of drug-likeness (QED) is 0.0694. The third-order valence-corrected chi connectivity index (χ3v) is 12.0. The first-order chi connectivity index (χ1) is 29.6. The molecule has 3 aliphatic rings. The first-order valence-corrected chi connectivity index (χ1v) is 22.0. The Bertz CT molecular complexity index is 2110. The zero-order chi connectivity index (χ0) is 41.2. The number of halogens is 1. The second-order valence-corrected chi connectivity index (χ2v) is 16.2. The lowest BCUT2D eigenvalue weighted by atomic mass is 10.0. The van der Waals surface area contributed by atoms with Crippen LogP contribution < -0.4 is 36.6 Å². The molecule has 6 aromatic carbocycles. The van der Waals surface area contributed by atoms with E-state index in [1.54, 1.807) is 7.11 Å². The van der Waals surface area contributed by atoms with Gasteiger partial charge in [-0.1, -0.05) is 163 Å². The molecule has 312 valence electrons. The molecule has 0 aliphatic carbocycles. The molecular formula is C52H61ClN6O. The zero-order valence-corrected chi connectivity index (χ0v) is 35.5. The van der Waals surface area contributed by atoms with Gasteiger partial charge in [0.15, 0.2) is 0 Å². The Morgan fingerprint density at radius 2 is 0.867 bits per heavy atom. The van der Waals surface area contributed by atoms with E-state index >= 15 is 0 Å². The monoisotopic (exact) mass is 820 g/mol. The Labute approximate surface area is 362 Å². The van der Waals surface area contributed by atoms with Crippen LogP contribution in [0.3, 0.4) is 0 Å². The van der Waals surface area contributed by atoms with Crippen molar-refractivity contribution in [3.63, 3.8) is 0 Å². The second kappa shape index (κ2) is 23.2. The van der Waals surface area contributed by atoms with Crippen molar-refractivity contribution in [2.45, 2.75) is 75.1 Å². The first-order valence-electron chi connectivity index (χ1n) is 21.6. The van der Waals surface area contributed by atoms with Crippen molar-refractivity contribution in [3.05, 3.63) is 208 Å². The third-order valence-electron chi connectivity index (χ3n) is 11.8. The van der Waals surface area contributed by atoms with E-state index in [1.165, 1.54) is 39.8 Å². The van der Waals surface area contributed by atoms with Crippen LogP contribution in [0.25, 0.3) is 0 Å². The standard InChI is InChI=1S/C18H22N2O.C17H19ClN2.C17H20N2/c1-21-17-10-6-5-9-15(17)13-20-16-11-12-19-18(16)14-7-3-2-4-8-14;18-15-8-4-5-13(11-15)12-20-16-9-10-19-17(16)14-6-2-1-3-7-14;1-3-7-14(8-4-1)13-19-16-11-12-18-17(16)15-9-5-2-6-10-15/h2-10,16,18-20H,11-13H2,1H3;1-8,11,16-17,19-20H,9-10,12H2;1-10,16-19H,11-13H2/t16-,18+;2*16-,17+/m111/s1. The lowest BCUT2D eigenvalue weighted by molar-refractivity contribution is 0.401. The average Bonchev–Trinajstić information content (AvgIpc) is 4.11. The minimum Gasteiger partial charge on any atom is -0.496 e. The highest BCUT2D eigenvalue weighted by atomic mass is 35.5. The van der Waals surface area contributed by atoms with Crippen LogP contribution in [0, 0.1) is 0 Å². The number of ether oxygens (including phenoxy) is 1. The topological polar surface area (TPSA) is 81.4 Å². The molecule has 0 amide bonds. The maximum absolute atomic E-state index is 6.02. The van der Waals surface area contributed by atoms with E-state index in [9.17, 15) is 0 Å². The van der Waals surface area contributed by atoms with Crippen molar-refractivity contribution in [1.82, 2.24) is 31.9 Å². The van der Waals surface area contributed by atoms with E-state index in [0.717, 1.165) is 62.9 Å². The van der Waals surface area contributed by atoms with Gasteiger partial charge in [-0.3, -0.25) is 0 Å². The Morgan fingerprint density at radius 3 is 1.33 bits per heavy atom. The maximum Gasteiger partial charge on any atom is 0.123 e. The van der Waals surface area contributed by atoms with Crippen molar-refractivity contribution in [1.29, 1.82) is 0 Å². The molecule has 8 heteroatoms. The Balaban J connectivity index is 0.000000136. The van der Waals surface area contributed by atoms with Crippen molar-refractivity contribution >= 4 is 11.6 Å². The normalized spacial score (nSPS) is 22.0. The van der Waals surface area contributed by atoms with Crippen LogP contribution in [0.15, 0.2) is 170 Å². The lowest BCUT2D eigenvalue weighted by Gasteiger charge is -2.22. The predicted octanol–water partition coefficient (Wildman–Crippen LogP) is 9.30. The molecule has 7 nitrogen and oxygen atoms in total. The highest BCUT2D eigenvalue weighted by Gasteiger charge is 2.29. The van der Waals surface area contributed by atoms with Gasteiger partial charge < -0.3 is 36.6 Å². The molecule has 0 aromatic heterocycles. The Hall–Kier alpha value is -4.83. The fraction of sp³-hybridized carbons (Fsp3) is 0.308. The van der Waals surface area contributed by atoms with Crippen LogP contribution in [0.5, 0.6) is 5.75 Å². The van der Waals surface area contributed by atoms with Crippen LogP contribution in [-0.2, 0) is 19.6 Å². The lowest BCUT2D eigenvalue weighted by Crippen LogP contribution is -2.34. The van der Waals surface area contributed by atoms with Crippen LogP contribution in [0.2, 0.25) is 5.02 Å². The Morgan fingerprint density at radius 1 is 0.467 bits per heavy atom. The van der Waals surface area contributed by atoms with Gasteiger partial charge in [0.25, 0.3) is 0 Å². The summed E-state index contributed by atoms with van der Waals surface area (Å²) in [4.78, 5) is 0. The van der Waals surface area contributed by atoms with Gasteiger partial charge in [0.1, 0.15) is 5.75 Å². The molecule has 3 saturated heterocycles. The number of benzene rings is 6. The fourth-order valence-corrected chi connectivity index (χ4v) is 8.84. The van der Waals surface area contributed by atoms with Crippen molar-refractivity contribution < 1.29 is 4.74 Å². The fourth-order valence-electron chi connectivity index (χ4n) is 8.63. The summed E-state index contributed by atoms with van der Waals surface area (Å²) in [6, 6.07) is 61.5. The molecule has 3 fully saturated rings. The van der Waals surface area contributed by atoms with E-state index < -0.39 is 0 Å². The van der Waals surface area contributed by atoms with E-state index in [1.807, 2.05) is 30.3 Å². The molecule has 0 saturated carbocycles. The number of rotatable bonds is 13. The van der Waals surface area contributed by atoms with E-state index in [0.29, 0.717) is 36.3 Å². The molecule has 6 atom stereocenters. The smallest absolute Gasteiger partial charge is 0.123 e. The molecule has 60 heavy (non-hydrogen) atoms. The van der Waals surface area contributed by atoms with E-state index in [4.69, 9.17) is 16.3 Å². The summed E-state index contributed by atoms with van der Waals surface area (Å²) in [5, 5.41) is 22.6.